The minimum atomic E-state index is -0.367. The predicted molar refractivity (Wildman–Crippen MR) is 93.9 cm³/mol. The summed E-state index contributed by atoms with van der Waals surface area (Å²) in [6.45, 7) is 6.46. The van der Waals surface area contributed by atoms with Crippen molar-refractivity contribution in [3.05, 3.63) is 29.3 Å². The van der Waals surface area contributed by atoms with Gasteiger partial charge in [0.2, 0.25) is 0 Å². The SMILES string of the molecule is CCCn1nnc(NC(=S)NC(=O)COc2ccc(C)cc2C)n1. The fraction of sp³-hybridized carbons (Fsp3) is 0.400. The highest BCUT2D eigenvalue weighted by atomic mass is 32.1. The summed E-state index contributed by atoms with van der Waals surface area (Å²) < 4.78 is 5.49. The lowest BCUT2D eigenvalue weighted by molar-refractivity contribution is -0.121. The van der Waals surface area contributed by atoms with Crippen LogP contribution in [0.25, 0.3) is 0 Å². The summed E-state index contributed by atoms with van der Waals surface area (Å²) in [6.07, 6.45) is 0.896. The maximum absolute atomic E-state index is 11.9. The van der Waals surface area contributed by atoms with Crippen molar-refractivity contribution in [1.29, 1.82) is 0 Å². The van der Waals surface area contributed by atoms with E-state index in [4.69, 9.17) is 17.0 Å². The molecular weight excluding hydrogens is 328 g/mol. The third-order valence-corrected chi connectivity index (χ3v) is 3.25. The van der Waals surface area contributed by atoms with Crippen LogP contribution in [0.15, 0.2) is 18.2 Å². The van der Waals surface area contributed by atoms with Crippen LogP contribution in [0.5, 0.6) is 5.75 Å². The van der Waals surface area contributed by atoms with Gasteiger partial charge < -0.3 is 4.74 Å². The van der Waals surface area contributed by atoms with Crippen LogP contribution in [0.1, 0.15) is 24.5 Å². The molecule has 0 atom stereocenters. The molecule has 0 fully saturated rings. The molecule has 9 heteroatoms. The quantitative estimate of drug-likeness (QED) is 0.766. The summed E-state index contributed by atoms with van der Waals surface area (Å²) in [6, 6.07) is 5.76. The molecule has 2 N–H and O–H groups in total. The molecule has 0 unspecified atom stereocenters. The highest BCUT2D eigenvalue weighted by Gasteiger charge is 2.09. The molecule has 0 spiro atoms. The van der Waals surface area contributed by atoms with E-state index >= 15 is 0 Å². The van der Waals surface area contributed by atoms with Crippen LogP contribution in [0.4, 0.5) is 5.95 Å². The van der Waals surface area contributed by atoms with Crippen molar-refractivity contribution in [3.8, 4) is 5.75 Å². The molecule has 24 heavy (non-hydrogen) atoms. The lowest BCUT2D eigenvalue weighted by atomic mass is 10.1. The van der Waals surface area contributed by atoms with Crippen molar-refractivity contribution < 1.29 is 9.53 Å². The molecule has 0 bridgehead atoms. The molecule has 1 heterocycles. The van der Waals surface area contributed by atoms with Crippen LogP contribution >= 0.6 is 12.2 Å². The van der Waals surface area contributed by atoms with Gasteiger partial charge in [-0.05, 0) is 49.3 Å². The van der Waals surface area contributed by atoms with E-state index in [1.54, 1.807) is 0 Å². The van der Waals surface area contributed by atoms with Crippen molar-refractivity contribution in [3.63, 3.8) is 0 Å². The first kappa shape index (κ1) is 17.8. The summed E-state index contributed by atoms with van der Waals surface area (Å²) in [5, 5.41) is 17.0. The number of nitrogens with zero attached hydrogens (tertiary/aromatic N) is 4. The Morgan fingerprint density at radius 2 is 2.17 bits per heavy atom. The van der Waals surface area contributed by atoms with Crippen LogP contribution in [0, 0.1) is 13.8 Å². The Labute approximate surface area is 145 Å². The molecule has 0 aliphatic rings. The van der Waals surface area contributed by atoms with Crippen molar-refractivity contribution in [2.45, 2.75) is 33.7 Å². The number of hydrogen-bond acceptors (Lipinski definition) is 6. The lowest BCUT2D eigenvalue weighted by Crippen LogP contribution is -2.37. The van der Waals surface area contributed by atoms with Crippen LogP contribution in [-0.4, -0.2) is 37.8 Å². The number of hydrogen-bond donors (Lipinski definition) is 2. The zero-order valence-corrected chi connectivity index (χ0v) is 14.7. The number of ether oxygens (including phenoxy) is 1. The van der Waals surface area contributed by atoms with Gasteiger partial charge in [-0.25, -0.2) is 0 Å². The molecule has 2 aromatic rings. The van der Waals surface area contributed by atoms with Gasteiger partial charge in [-0.2, -0.15) is 4.80 Å². The van der Waals surface area contributed by atoms with Crippen LogP contribution < -0.4 is 15.4 Å². The van der Waals surface area contributed by atoms with E-state index < -0.39 is 0 Å². The largest absolute Gasteiger partial charge is 0.483 e. The molecule has 0 radical (unpaired) electrons. The van der Waals surface area contributed by atoms with Gasteiger partial charge in [0.05, 0.1) is 6.54 Å². The number of tetrazole rings is 1. The second-order valence-corrected chi connectivity index (χ2v) is 5.68. The van der Waals surface area contributed by atoms with Crippen molar-refractivity contribution in [2.75, 3.05) is 11.9 Å². The summed E-state index contributed by atoms with van der Waals surface area (Å²) in [5.41, 5.74) is 2.11. The molecule has 128 valence electrons. The molecule has 2 rings (SSSR count). The maximum Gasteiger partial charge on any atom is 0.269 e. The van der Waals surface area contributed by atoms with Crippen LogP contribution in [0.3, 0.4) is 0 Å². The van der Waals surface area contributed by atoms with E-state index in [0.717, 1.165) is 17.5 Å². The van der Waals surface area contributed by atoms with E-state index in [-0.39, 0.29) is 23.6 Å². The average Bonchev–Trinajstić information content (AvgIpc) is 2.93. The molecule has 0 aliphatic carbocycles. The molecule has 0 aliphatic heterocycles. The van der Waals surface area contributed by atoms with Crippen molar-refractivity contribution >= 4 is 29.2 Å². The zero-order chi connectivity index (χ0) is 17.5. The van der Waals surface area contributed by atoms with Gasteiger partial charge in [-0.3, -0.25) is 15.4 Å². The summed E-state index contributed by atoms with van der Waals surface area (Å²) in [5.74, 6) is 0.538. The van der Waals surface area contributed by atoms with E-state index in [1.165, 1.54) is 4.80 Å². The lowest BCUT2D eigenvalue weighted by Gasteiger charge is -2.10. The van der Waals surface area contributed by atoms with Crippen molar-refractivity contribution in [1.82, 2.24) is 25.5 Å². The fourth-order valence-electron chi connectivity index (χ4n) is 1.99. The van der Waals surface area contributed by atoms with Gasteiger partial charge in [0, 0.05) is 0 Å². The Kier molecular flexibility index (Phi) is 6.19. The number of nitrogens with one attached hydrogen (secondary N) is 2. The Bertz CT molecular complexity index is 731. The summed E-state index contributed by atoms with van der Waals surface area (Å²) >= 11 is 5.04. The number of amides is 1. The number of rotatable bonds is 6. The molecule has 1 aromatic carbocycles. The average molecular weight is 348 g/mol. The molecule has 1 aromatic heterocycles. The molecule has 0 saturated carbocycles. The predicted octanol–water partition coefficient (Wildman–Crippen LogP) is 1.59. The second kappa shape index (κ2) is 8.34. The van der Waals surface area contributed by atoms with Gasteiger partial charge in [0.25, 0.3) is 11.9 Å². The third kappa shape index (κ3) is 5.27. The summed E-state index contributed by atoms with van der Waals surface area (Å²) in [4.78, 5) is 13.3. The molecular formula is C15H20N6O2S. The van der Waals surface area contributed by atoms with E-state index in [9.17, 15) is 4.79 Å². The van der Waals surface area contributed by atoms with Gasteiger partial charge in [-0.15, -0.1) is 5.10 Å². The minimum absolute atomic E-state index is 0.0975. The number of anilines is 1. The van der Waals surface area contributed by atoms with Gasteiger partial charge >= 0.3 is 0 Å². The van der Waals surface area contributed by atoms with Crippen LogP contribution in [-0.2, 0) is 11.3 Å². The minimum Gasteiger partial charge on any atom is -0.483 e. The third-order valence-electron chi connectivity index (χ3n) is 3.04. The molecule has 0 saturated heterocycles. The Balaban J connectivity index is 1.79. The van der Waals surface area contributed by atoms with Gasteiger partial charge in [0.15, 0.2) is 11.7 Å². The second-order valence-electron chi connectivity index (χ2n) is 5.27. The number of aryl methyl sites for hydroxylation is 3. The molecule has 1 amide bonds. The number of thiocarbonyl (C=S) groups is 1. The molecule has 8 nitrogen and oxygen atoms in total. The topological polar surface area (TPSA) is 94.0 Å². The standard InChI is InChI=1S/C15H20N6O2S/c1-4-7-21-19-14(18-20-21)17-15(24)16-13(22)9-23-12-6-5-10(2)8-11(12)3/h5-6,8H,4,7,9H2,1-3H3,(H2,16,17,19,22,24). The normalized spacial score (nSPS) is 10.3. The Morgan fingerprint density at radius 1 is 1.38 bits per heavy atom. The monoisotopic (exact) mass is 348 g/mol. The first-order valence-electron chi connectivity index (χ1n) is 7.56. The summed E-state index contributed by atoms with van der Waals surface area (Å²) in [7, 11) is 0. The van der Waals surface area contributed by atoms with E-state index in [2.05, 4.69) is 26.0 Å². The Morgan fingerprint density at radius 3 is 2.88 bits per heavy atom. The number of benzene rings is 1. The van der Waals surface area contributed by atoms with Crippen molar-refractivity contribution in [2.24, 2.45) is 0 Å². The maximum atomic E-state index is 11.9. The van der Waals surface area contributed by atoms with E-state index in [1.807, 2.05) is 39.0 Å². The highest BCUT2D eigenvalue weighted by molar-refractivity contribution is 7.80. The van der Waals surface area contributed by atoms with E-state index in [0.29, 0.717) is 12.3 Å². The first-order valence-corrected chi connectivity index (χ1v) is 7.97. The van der Waals surface area contributed by atoms with Crippen LogP contribution in [0.2, 0.25) is 0 Å². The highest BCUT2D eigenvalue weighted by Crippen LogP contribution is 2.18. The number of carbonyl (C=O) groups excluding carboxylic acids is 1. The number of aromatic nitrogens is 4. The number of carbonyl (C=O) groups is 1. The smallest absolute Gasteiger partial charge is 0.269 e. The Hall–Kier alpha value is -2.55. The fourth-order valence-corrected chi connectivity index (χ4v) is 2.19. The first-order chi connectivity index (χ1) is 11.5. The van der Waals surface area contributed by atoms with Gasteiger partial charge in [-0.1, -0.05) is 29.7 Å². The van der Waals surface area contributed by atoms with Gasteiger partial charge in [0.1, 0.15) is 5.75 Å². The zero-order valence-electron chi connectivity index (χ0n) is 13.9.